The van der Waals surface area contributed by atoms with Crippen LogP contribution in [0, 0.1) is 6.92 Å². The monoisotopic (exact) mass is 269 g/mol. The molecule has 7 nitrogen and oxygen atoms in total. The Balaban J connectivity index is 2.37. The number of aryl methyl sites for hydroxylation is 1. The van der Waals surface area contributed by atoms with Gasteiger partial charge in [0.25, 0.3) is 0 Å². The highest BCUT2D eigenvalue weighted by molar-refractivity contribution is 5.75. The van der Waals surface area contributed by atoms with Crippen LogP contribution in [0.4, 0.5) is 4.79 Å². The van der Waals surface area contributed by atoms with Crippen molar-refractivity contribution in [3.8, 4) is 0 Å². The maximum atomic E-state index is 11.6. The van der Waals surface area contributed by atoms with Crippen molar-refractivity contribution in [2.45, 2.75) is 45.7 Å². The number of carbonyl (C=O) groups excluding carboxylic acids is 1. The molecule has 0 aliphatic rings. The number of carbonyl (C=O) groups is 2. The first-order chi connectivity index (χ1) is 9.01. The molecule has 7 heteroatoms. The van der Waals surface area contributed by atoms with Gasteiger partial charge in [0.05, 0.1) is 19.2 Å². The number of hydrogen-bond acceptors (Lipinski definition) is 4. The van der Waals surface area contributed by atoms with Crippen molar-refractivity contribution in [1.82, 2.24) is 15.6 Å². The summed E-state index contributed by atoms with van der Waals surface area (Å²) in [6.07, 6.45) is 2.91. The van der Waals surface area contributed by atoms with Gasteiger partial charge in [-0.2, -0.15) is 0 Å². The second kappa shape index (κ2) is 7.40. The fourth-order valence-electron chi connectivity index (χ4n) is 1.66. The summed E-state index contributed by atoms with van der Waals surface area (Å²) in [7, 11) is 0. The normalized spacial score (nSPS) is 11.9. The summed E-state index contributed by atoms with van der Waals surface area (Å²) in [4.78, 5) is 26.2. The topological polar surface area (TPSA) is 104 Å². The minimum Gasteiger partial charge on any atom is -0.481 e. The third-order valence-corrected chi connectivity index (χ3v) is 2.46. The second-order valence-corrected chi connectivity index (χ2v) is 4.28. The van der Waals surface area contributed by atoms with Crippen molar-refractivity contribution in [2.24, 2.45) is 0 Å². The molecule has 1 unspecified atom stereocenters. The van der Waals surface area contributed by atoms with Gasteiger partial charge in [-0.05, 0) is 13.3 Å². The Bertz CT molecular complexity index is 430. The van der Waals surface area contributed by atoms with E-state index in [0.29, 0.717) is 18.1 Å². The maximum Gasteiger partial charge on any atom is 0.315 e. The smallest absolute Gasteiger partial charge is 0.315 e. The molecule has 0 aliphatic carbocycles. The van der Waals surface area contributed by atoms with Crippen molar-refractivity contribution in [1.29, 1.82) is 0 Å². The Labute approximate surface area is 111 Å². The third-order valence-electron chi connectivity index (χ3n) is 2.46. The predicted octanol–water partition coefficient (Wildman–Crippen LogP) is 1.43. The Morgan fingerprint density at radius 1 is 1.53 bits per heavy atom. The molecule has 0 saturated carbocycles. The Kier molecular flexibility index (Phi) is 5.84. The molecule has 1 rings (SSSR count). The lowest BCUT2D eigenvalue weighted by molar-refractivity contribution is -0.137. The predicted molar refractivity (Wildman–Crippen MR) is 67.6 cm³/mol. The molecule has 0 fully saturated rings. The van der Waals surface area contributed by atoms with Gasteiger partial charge in [-0.3, -0.25) is 4.79 Å². The zero-order chi connectivity index (χ0) is 14.3. The van der Waals surface area contributed by atoms with Crippen molar-refractivity contribution in [3.63, 3.8) is 0 Å². The highest BCUT2D eigenvalue weighted by Gasteiger charge is 2.15. The summed E-state index contributed by atoms with van der Waals surface area (Å²) >= 11 is 0. The quantitative estimate of drug-likeness (QED) is 0.694. The summed E-state index contributed by atoms with van der Waals surface area (Å²) in [6, 6.07) is -0.788. The number of aromatic nitrogens is 1. The number of amides is 2. The third kappa shape index (κ3) is 5.89. The standard InChI is InChI=1S/C12H19N3O4/c1-3-4-9(5-11(16)17)15-12(18)14-7-10-13-6-8(2)19-10/h6,9H,3-5,7H2,1-2H3,(H,16,17)(H2,14,15,18). The number of hydrogen-bond donors (Lipinski definition) is 3. The lowest BCUT2D eigenvalue weighted by Crippen LogP contribution is -2.42. The van der Waals surface area contributed by atoms with Crippen LogP contribution in [0.2, 0.25) is 0 Å². The molecule has 0 aromatic carbocycles. The molecule has 1 aromatic rings. The maximum absolute atomic E-state index is 11.6. The van der Waals surface area contributed by atoms with E-state index >= 15 is 0 Å². The number of nitrogens with zero attached hydrogens (tertiary/aromatic N) is 1. The molecule has 2 amide bonds. The van der Waals surface area contributed by atoms with Gasteiger partial charge < -0.3 is 20.2 Å². The number of oxazole rings is 1. The van der Waals surface area contributed by atoms with Crippen LogP contribution >= 0.6 is 0 Å². The van der Waals surface area contributed by atoms with Crippen molar-refractivity contribution < 1.29 is 19.1 Å². The molecular weight excluding hydrogens is 250 g/mol. The average Bonchev–Trinajstić information content (AvgIpc) is 2.72. The molecule has 0 bridgehead atoms. The SMILES string of the molecule is CCCC(CC(=O)O)NC(=O)NCc1ncc(C)o1. The summed E-state index contributed by atoms with van der Waals surface area (Å²) in [6.45, 7) is 3.87. The van der Waals surface area contributed by atoms with E-state index in [1.165, 1.54) is 0 Å². The average molecular weight is 269 g/mol. The number of nitrogens with one attached hydrogen (secondary N) is 2. The van der Waals surface area contributed by atoms with Crippen LogP contribution in [0.15, 0.2) is 10.6 Å². The Morgan fingerprint density at radius 2 is 2.26 bits per heavy atom. The van der Waals surface area contributed by atoms with E-state index in [4.69, 9.17) is 9.52 Å². The van der Waals surface area contributed by atoms with E-state index in [1.54, 1.807) is 13.1 Å². The molecule has 0 aliphatic heterocycles. The lowest BCUT2D eigenvalue weighted by atomic mass is 10.1. The van der Waals surface area contributed by atoms with Crippen molar-refractivity contribution in [3.05, 3.63) is 17.8 Å². The van der Waals surface area contributed by atoms with Crippen LogP contribution in [0.25, 0.3) is 0 Å². The zero-order valence-electron chi connectivity index (χ0n) is 11.1. The molecule has 0 radical (unpaired) electrons. The molecule has 1 atom stereocenters. The van der Waals surface area contributed by atoms with Gasteiger partial charge in [0.2, 0.25) is 5.89 Å². The van der Waals surface area contributed by atoms with Gasteiger partial charge in [0, 0.05) is 6.04 Å². The Hall–Kier alpha value is -2.05. The van der Waals surface area contributed by atoms with E-state index < -0.39 is 12.0 Å². The van der Waals surface area contributed by atoms with Gasteiger partial charge in [-0.15, -0.1) is 0 Å². The van der Waals surface area contributed by atoms with E-state index in [1.807, 2.05) is 6.92 Å². The number of aliphatic carboxylic acids is 1. The summed E-state index contributed by atoms with van der Waals surface area (Å²) < 4.78 is 5.20. The van der Waals surface area contributed by atoms with Crippen molar-refractivity contribution >= 4 is 12.0 Å². The molecule has 0 spiro atoms. The van der Waals surface area contributed by atoms with Crippen LogP contribution in [-0.2, 0) is 11.3 Å². The largest absolute Gasteiger partial charge is 0.481 e. The van der Waals surface area contributed by atoms with E-state index in [2.05, 4.69) is 15.6 Å². The van der Waals surface area contributed by atoms with Gasteiger partial charge in [0.1, 0.15) is 5.76 Å². The lowest BCUT2D eigenvalue weighted by Gasteiger charge is -2.16. The minimum atomic E-state index is -0.929. The summed E-state index contributed by atoms with van der Waals surface area (Å²) in [5, 5.41) is 13.9. The molecular formula is C12H19N3O4. The number of urea groups is 1. The Morgan fingerprint density at radius 3 is 2.79 bits per heavy atom. The first-order valence-corrected chi connectivity index (χ1v) is 6.18. The fourth-order valence-corrected chi connectivity index (χ4v) is 1.66. The minimum absolute atomic E-state index is 0.0840. The molecule has 3 N–H and O–H groups in total. The van der Waals surface area contributed by atoms with Crippen LogP contribution in [0.5, 0.6) is 0 Å². The first kappa shape index (κ1) is 15.0. The molecule has 1 heterocycles. The fraction of sp³-hybridized carbons (Fsp3) is 0.583. The first-order valence-electron chi connectivity index (χ1n) is 6.18. The highest BCUT2D eigenvalue weighted by atomic mass is 16.4. The zero-order valence-corrected chi connectivity index (χ0v) is 11.1. The van der Waals surface area contributed by atoms with Crippen LogP contribution in [0.3, 0.4) is 0 Å². The van der Waals surface area contributed by atoms with Crippen LogP contribution in [-0.4, -0.2) is 28.1 Å². The van der Waals surface area contributed by atoms with Gasteiger partial charge >= 0.3 is 12.0 Å². The van der Waals surface area contributed by atoms with Crippen LogP contribution < -0.4 is 10.6 Å². The van der Waals surface area contributed by atoms with Crippen molar-refractivity contribution in [2.75, 3.05) is 0 Å². The highest BCUT2D eigenvalue weighted by Crippen LogP contribution is 2.03. The number of rotatable bonds is 7. The van der Waals surface area contributed by atoms with Gasteiger partial charge in [-0.1, -0.05) is 13.3 Å². The van der Waals surface area contributed by atoms with Gasteiger partial charge in [0.15, 0.2) is 0 Å². The van der Waals surface area contributed by atoms with Gasteiger partial charge in [-0.25, -0.2) is 9.78 Å². The number of carboxylic acid groups (broad SMARTS) is 1. The van der Waals surface area contributed by atoms with E-state index in [9.17, 15) is 9.59 Å². The number of carboxylic acids is 1. The molecule has 1 aromatic heterocycles. The summed E-state index contributed by atoms with van der Waals surface area (Å²) in [5.74, 6) is 0.159. The van der Waals surface area contributed by atoms with E-state index in [-0.39, 0.29) is 19.0 Å². The summed E-state index contributed by atoms with van der Waals surface area (Å²) in [5.41, 5.74) is 0. The molecule has 19 heavy (non-hydrogen) atoms. The second-order valence-electron chi connectivity index (χ2n) is 4.28. The van der Waals surface area contributed by atoms with E-state index in [0.717, 1.165) is 6.42 Å². The van der Waals surface area contributed by atoms with Crippen LogP contribution in [0.1, 0.15) is 37.8 Å². The molecule has 106 valence electrons. The molecule has 0 saturated heterocycles.